The molecule has 2 N–H and O–H groups in total. The van der Waals surface area contributed by atoms with Gasteiger partial charge in [0.05, 0.1) is 35.4 Å². The molecule has 8 heteroatoms. The summed E-state index contributed by atoms with van der Waals surface area (Å²) in [6.07, 6.45) is 4.10. The second-order valence-corrected chi connectivity index (χ2v) is 8.77. The Morgan fingerprint density at radius 1 is 1.00 bits per heavy atom. The zero-order valence-electron chi connectivity index (χ0n) is 18.6. The molecule has 35 heavy (non-hydrogen) atoms. The van der Waals surface area contributed by atoms with Crippen LogP contribution in [0.4, 0.5) is 11.4 Å². The van der Waals surface area contributed by atoms with Crippen LogP contribution in [0.3, 0.4) is 0 Å². The summed E-state index contributed by atoms with van der Waals surface area (Å²) in [4.78, 5) is 36.9. The molecule has 7 nitrogen and oxygen atoms in total. The van der Waals surface area contributed by atoms with E-state index in [1.807, 2.05) is 24.3 Å². The number of halogens is 1. The summed E-state index contributed by atoms with van der Waals surface area (Å²) in [5.41, 5.74) is 5.15. The fourth-order valence-corrected chi connectivity index (χ4v) is 4.22. The number of fused-ring (bicyclic) bond motifs is 1. The van der Waals surface area contributed by atoms with Gasteiger partial charge in [-0.1, -0.05) is 48.0 Å². The van der Waals surface area contributed by atoms with Gasteiger partial charge in [0.25, 0.3) is 0 Å². The van der Waals surface area contributed by atoms with E-state index in [-0.39, 0.29) is 30.4 Å². The van der Waals surface area contributed by atoms with Crippen molar-refractivity contribution in [3.63, 3.8) is 0 Å². The van der Waals surface area contributed by atoms with E-state index in [1.165, 1.54) is 0 Å². The maximum atomic E-state index is 12.9. The first-order chi connectivity index (χ1) is 16.9. The quantitative estimate of drug-likeness (QED) is 0.374. The third kappa shape index (κ3) is 5.15. The molecule has 0 saturated heterocycles. The van der Waals surface area contributed by atoms with Crippen molar-refractivity contribution in [1.82, 2.24) is 9.78 Å². The van der Waals surface area contributed by atoms with Gasteiger partial charge in [-0.3, -0.25) is 14.4 Å². The number of anilines is 2. The average molecular weight is 485 g/mol. The van der Waals surface area contributed by atoms with E-state index in [9.17, 15) is 14.4 Å². The molecule has 174 valence electrons. The van der Waals surface area contributed by atoms with Crippen molar-refractivity contribution < 1.29 is 14.4 Å². The first-order valence-electron chi connectivity index (χ1n) is 11.1. The Kier molecular flexibility index (Phi) is 6.16. The normalized spacial score (nSPS) is 12.2. The molecule has 2 amide bonds. The van der Waals surface area contributed by atoms with Crippen molar-refractivity contribution >= 4 is 40.6 Å². The molecule has 0 fully saturated rings. The Balaban J connectivity index is 1.26. The highest BCUT2D eigenvalue weighted by Gasteiger charge is 2.18. The summed E-state index contributed by atoms with van der Waals surface area (Å²) in [5, 5.41) is 10.4. The van der Waals surface area contributed by atoms with Crippen LogP contribution in [0.15, 0.2) is 79.1 Å². The van der Waals surface area contributed by atoms with Crippen molar-refractivity contribution in [3.8, 4) is 5.69 Å². The summed E-state index contributed by atoms with van der Waals surface area (Å²) in [7, 11) is 0. The minimum atomic E-state index is -0.201. The molecule has 0 saturated carbocycles. The summed E-state index contributed by atoms with van der Waals surface area (Å²) < 4.78 is 1.64. The van der Waals surface area contributed by atoms with Gasteiger partial charge in [0.15, 0.2) is 5.78 Å². The van der Waals surface area contributed by atoms with Gasteiger partial charge in [-0.2, -0.15) is 5.10 Å². The summed E-state index contributed by atoms with van der Waals surface area (Å²) in [6, 6.07) is 19.9. The zero-order chi connectivity index (χ0) is 24.4. The first kappa shape index (κ1) is 22.6. The lowest BCUT2D eigenvalue weighted by atomic mass is 10.00. The van der Waals surface area contributed by atoms with Crippen LogP contribution in [-0.4, -0.2) is 27.4 Å². The number of nitrogens with zero attached hydrogens (tertiary/aromatic N) is 2. The second-order valence-electron chi connectivity index (χ2n) is 8.36. The van der Waals surface area contributed by atoms with Crippen LogP contribution in [0.2, 0.25) is 5.02 Å². The average Bonchev–Trinajstić information content (AvgIpc) is 3.46. The Morgan fingerprint density at radius 2 is 1.86 bits per heavy atom. The highest BCUT2D eigenvalue weighted by Crippen LogP contribution is 2.25. The molecule has 3 aromatic carbocycles. The van der Waals surface area contributed by atoms with Crippen LogP contribution in [0.5, 0.6) is 0 Å². The van der Waals surface area contributed by atoms with E-state index in [4.69, 9.17) is 11.6 Å². The predicted octanol–water partition coefficient (Wildman–Crippen LogP) is 4.63. The van der Waals surface area contributed by atoms with Gasteiger partial charge in [-0.05, 0) is 47.0 Å². The third-order valence-corrected chi connectivity index (χ3v) is 6.07. The fourth-order valence-electron chi connectivity index (χ4n) is 4.04. The fraction of sp³-hybridized carbons (Fsp3) is 0.111. The van der Waals surface area contributed by atoms with Gasteiger partial charge in [0.2, 0.25) is 11.8 Å². The maximum absolute atomic E-state index is 12.9. The van der Waals surface area contributed by atoms with Crippen molar-refractivity contribution in [1.29, 1.82) is 0 Å². The molecule has 0 spiro atoms. The summed E-state index contributed by atoms with van der Waals surface area (Å²) in [5.74, 6) is -0.264. The molecule has 1 aliphatic rings. The highest BCUT2D eigenvalue weighted by molar-refractivity contribution is 6.33. The van der Waals surface area contributed by atoms with Crippen LogP contribution < -0.4 is 10.6 Å². The molecule has 4 aromatic rings. The second kappa shape index (κ2) is 9.56. The number of benzene rings is 3. The van der Waals surface area contributed by atoms with Gasteiger partial charge in [0.1, 0.15) is 0 Å². The maximum Gasteiger partial charge on any atom is 0.228 e. The highest BCUT2D eigenvalue weighted by atomic mass is 35.5. The number of carbonyl (C=O) groups is 3. The topological polar surface area (TPSA) is 93.1 Å². The Labute approximate surface area is 206 Å². The first-order valence-corrected chi connectivity index (χ1v) is 11.5. The van der Waals surface area contributed by atoms with Crippen LogP contribution >= 0.6 is 11.6 Å². The number of hydrogen-bond donors (Lipinski definition) is 2. The molecule has 0 bridgehead atoms. The number of Topliss-reactive ketones (excluding diaryl/α,β-unsaturated/α-hetero) is 1. The summed E-state index contributed by atoms with van der Waals surface area (Å²) >= 11 is 6.10. The van der Waals surface area contributed by atoms with E-state index >= 15 is 0 Å². The number of rotatable bonds is 7. The number of aromatic nitrogens is 2. The molecule has 0 atom stereocenters. The lowest BCUT2D eigenvalue weighted by Gasteiger charge is -2.07. The number of carbonyl (C=O) groups excluding carboxylic acids is 3. The predicted molar refractivity (Wildman–Crippen MR) is 134 cm³/mol. The molecular formula is C27H21ClN4O3. The molecular weight excluding hydrogens is 464 g/mol. The number of hydrogen-bond acceptors (Lipinski definition) is 4. The lowest BCUT2D eigenvalue weighted by molar-refractivity contribution is -0.116. The standard InChI is InChI=1S/C27H21ClN4O3/c28-22-6-1-2-7-24(22)31-26(34)12-18-15-29-32(16-18)21-5-3-4-19(13-21)25(33)11-17-8-9-23-20(10-17)14-27(35)30-23/h1-10,13,15-16H,11-12,14H2,(H,30,35)(H,31,34). The summed E-state index contributed by atoms with van der Waals surface area (Å²) in [6.45, 7) is 0. The van der Waals surface area contributed by atoms with Gasteiger partial charge in [-0.15, -0.1) is 0 Å². The van der Waals surface area contributed by atoms with Gasteiger partial charge in [0, 0.05) is 23.9 Å². The minimum absolute atomic E-state index is 0.0314. The van der Waals surface area contributed by atoms with Gasteiger partial charge >= 0.3 is 0 Å². The SMILES string of the molecule is O=C(Cc1cnn(-c2cccc(C(=O)Cc3ccc4c(c3)CC(=O)N4)c2)c1)Nc1ccccc1Cl. The Morgan fingerprint density at radius 3 is 2.71 bits per heavy atom. The van der Waals surface area contributed by atoms with E-state index in [1.54, 1.807) is 59.5 Å². The van der Waals surface area contributed by atoms with Crippen LogP contribution in [-0.2, 0) is 28.9 Å². The molecule has 2 heterocycles. The number of amides is 2. The van der Waals surface area contributed by atoms with Crippen LogP contribution in [0.1, 0.15) is 27.0 Å². The van der Waals surface area contributed by atoms with Gasteiger partial charge < -0.3 is 10.6 Å². The molecule has 0 aliphatic carbocycles. The van der Waals surface area contributed by atoms with Gasteiger partial charge in [-0.25, -0.2) is 4.68 Å². The largest absolute Gasteiger partial charge is 0.326 e. The molecule has 1 aromatic heterocycles. The van der Waals surface area contributed by atoms with Crippen molar-refractivity contribution in [2.75, 3.05) is 10.6 Å². The minimum Gasteiger partial charge on any atom is -0.326 e. The number of ketones is 1. The molecule has 5 rings (SSSR count). The smallest absolute Gasteiger partial charge is 0.228 e. The van der Waals surface area contributed by atoms with Crippen molar-refractivity contribution in [2.45, 2.75) is 19.3 Å². The van der Waals surface area contributed by atoms with E-state index in [0.29, 0.717) is 22.7 Å². The van der Waals surface area contributed by atoms with Crippen LogP contribution in [0, 0.1) is 0 Å². The molecule has 0 radical (unpaired) electrons. The zero-order valence-corrected chi connectivity index (χ0v) is 19.4. The van der Waals surface area contributed by atoms with Crippen molar-refractivity contribution in [3.05, 3.63) is 106 Å². The number of para-hydroxylation sites is 1. The molecule has 1 aliphatic heterocycles. The molecule has 0 unspecified atom stereocenters. The monoisotopic (exact) mass is 484 g/mol. The van der Waals surface area contributed by atoms with Crippen molar-refractivity contribution in [2.24, 2.45) is 0 Å². The Bertz CT molecular complexity index is 1460. The van der Waals surface area contributed by atoms with Crippen LogP contribution in [0.25, 0.3) is 5.69 Å². The number of nitrogens with one attached hydrogen (secondary N) is 2. The lowest BCUT2D eigenvalue weighted by Crippen LogP contribution is -2.14. The van der Waals surface area contributed by atoms with E-state index < -0.39 is 0 Å². The van der Waals surface area contributed by atoms with E-state index in [2.05, 4.69) is 15.7 Å². The third-order valence-electron chi connectivity index (χ3n) is 5.74. The Hall–Kier alpha value is -4.23. The van der Waals surface area contributed by atoms with E-state index in [0.717, 1.165) is 28.1 Å².